The van der Waals surface area contributed by atoms with Crippen LogP contribution in [-0.4, -0.2) is 23.6 Å². The fourth-order valence-electron chi connectivity index (χ4n) is 2.31. The van der Waals surface area contributed by atoms with Crippen LogP contribution in [0.4, 0.5) is 17.5 Å². The SMILES string of the molecule is COc1ccc(CCNc2nccc(Nc3ccc(Br)cc3)n2)cc1. The van der Waals surface area contributed by atoms with Gasteiger partial charge in [-0.1, -0.05) is 28.1 Å². The van der Waals surface area contributed by atoms with Crippen LogP contribution >= 0.6 is 15.9 Å². The number of hydrogen-bond acceptors (Lipinski definition) is 5. The third-order valence-corrected chi connectivity index (χ3v) is 4.16. The molecular formula is C19H19BrN4O. The maximum Gasteiger partial charge on any atom is 0.224 e. The zero-order valence-electron chi connectivity index (χ0n) is 13.9. The first-order chi connectivity index (χ1) is 12.2. The zero-order valence-corrected chi connectivity index (χ0v) is 15.5. The van der Waals surface area contributed by atoms with Gasteiger partial charge in [-0.05, 0) is 54.4 Å². The number of hydrogen-bond donors (Lipinski definition) is 2. The van der Waals surface area contributed by atoms with Gasteiger partial charge in [-0.3, -0.25) is 0 Å². The molecule has 0 aliphatic carbocycles. The number of halogens is 1. The number of methoxy groups -OCH3 is 1. The van der Waals surface area contributed by atoms with Crippen LogP contribution in [0.15, 0.2) is 65.3 Å². The van der Waals surface area contributed by atoms with E-state index in [0.717, 1.165) is 34.7 Å². The van der Waals surface area contributed by atoms with Gasteiger partial charge in [0.25, 0.3) is 0 Å². The summed E-state index contributed by atoms with van der Waals surface area (Å²) in [6, 6.07) is 17.8. The predicted molar refractivity (Wildman–Crippen MR) is 105 cm³/mol. The van der Waals surface area contributed by atoms with Crippen LogP contribution < -0.4 is 15.4 Å². The van der Waals surface area contributed by atoms with E-state index in [-0.39, 0.29) is 0 Å². The van der Waals surface area contributed by atoms with Gasteiger partial charge in [0.05, 0.1) is 7.11 Å². The maximum atomic E-state index is 5.17. The van der Waals surface area contributed by atoms with Gasteiger partial charge in [-0.2, -0.15) is 4.98 Å². The molecule has 6 heteroatoms. The lowest BCUT2D eigenvalue weighted by Crippen LogP contribution is -2.08. The van der Waals surface area contributed by atoms with Crippen molar-refractivity contribution in [2.24, 2.45) is 0 Å². The van der Waals surface area contributed by atoms with E-state index in [0.29, 0.717) is 5.95 Å². The van der Waals surface area contributed by atoms with Crippen LogP contribution in [0.5, 0.6) is 5.75 Å². The van der Waals surface area contributed by atoms with E-state index in [9.17, 15) is 0 Å². The predicted octanol–water partition coefficient (Wildman–Crippen LogP) is 4.65. The lowest BCUT2D eigenvalue weighted by atomic mass is 10.1. The lowest BCUT2D eigenvalue weighted by molar-refractivity contribution is 0.414. The van der Waals surface area contributed by atoms with Crippen molar-refractivity contribution in [3.05, 3.63) is 70.8 Å². The highest BCUT2D eigenvalue weighted by Crippen LogP contribution is 2.18. The van der Waals surface area contributed by atoms with Crippen LogP contribution in [0.2, 0.25) is 0 Å². The third kappa shape index (κ3) is 5.19. The Balaban J connectivity index is 1.55. The molecule has 0 radical (unpaired) electrons. The summed E-state index contributed by atoms with van der Waals surface area (Å²) in [5, 5.41) is 6.52. The van der Waals surface area contributed by atoms with Crippen molar-refractivity contribution in [3.63, 3.8) is 0 Å². The molecule has 0 aliphatic rings. The molecule has 128 valence electrons. The molecule has 0 atom stereocenters. The van der Waals surface area contributed by atoms with E-state index < -0.39 is 0 Å². The molecule has 0 fully saturated rings. The number of nitrogens with one attached hydrogen (secondary N) is 2. The minimum atomic E-state index is 0.607. The van der Waals surface area contributed by atoms with Crippen molar-refractivity contribution in [2.75, 3.05) is 24.3 Å². The Hall–Kier alpha value is -2.60. The van der Waals surface area contributed by atoms with Gasteiger partial charge >= 0.3 is 0 Å². The summed E-state index contributed by atoms with van der Waals surface area (Å²) >= 11 is 3.43. The Labute approximate surface area is 155 Å². The van der Waals surface area contributed by atoms with Crippen molar-refractivity contribution >= 4 is 33.4 Å². The van der Waals surface area contributed by atoms with Crippen LogP contribution in [0.1, 0.15) is 5.56 Å². The Morgan fingerprint density at radius 3 is 2.48 bits per heavy atom. The van der Waals surface area contributed by atoms with E-state index in [1.54, 1.807) is 13.3 Å². The summed E-state index contributed by atoms with van der Waals surface area (Å²) in [6.45, 7) is 0.758. The van der Waals surface area contributed by atoms with Gasteiger partial charge in [0.15, 0.2) is 0 Å². The number of aromatic nitrogens is 2. The highest BCUT2D eigenvalue weighted by molar-refractivity contribution is 9.10. The Bertz CT molecular complexity index is 806. The number of anilines is 3. The maximum absolute atomic E-state index is 5.17. The minimum Gasteiger partial charge on any atom is -0.497 e. The number of ether oxygens (including phenoxy) is 1. The number of benzene rings is 2. The molecule has 0 saturated carbocycles. The molecular weight excluding hydrogens is 380 g/mol. The van der Waals surface area contributed by atoms with E-state index in [1.165, 1.54) is 5.56 Å². The Morgan fingerprint density at radius 2 is 1.76 bits per heavy atom. The summed E-state index contributed by atoms with van der Waals surface area (Å²) in [6.07, 6.45) is 2.63. The third-order valence-electron chi connectivity index (χ3n) is 3.63. The molecule has 0 unspecified atom stereocenters. The first-order valence-electron chi connectivity index (χ1n) is 7.95. The second kappa shape index (κ2) is 8.48. The molecule has 1 aromatic heterocycles. The summed E-state index contributed by atoms with van der Waals surface area (Å²) in [7, 11) is 1.67. The van der Waals surface area contributed by atoms with Crippen LogP contribution in [-0.2, 0) is 6.42 Å². The van der Waals surface area contributed by atoms with Gasteiger partial charge in [-0.25, -0.2) is 4.98 Å². The van der Waals surface area contributed by atoms with Crippen molar-refractivity contribution in [3.8, 4) is 5.75 Å². The summed E-state index contributed by atoms with van der Waals surface area (Å²) in [5.41, 5.74) is 2.21. The highest BCUT2D eigenvalue weighted by Gasteiger charge is 2.01. The second-order valence-corrected chi connectivity index (χ2v) is 6.34. The van der Waals surface area contributed by atoms with Crippen LogP contribution in [0.25, 0.3) is 0 Å². The van der Waals surface area contributed by atoms with Gasteiger partial charge in [0, 0.05) is 22.9 Å². The molecule has 25 heavy (non-hydrogen) atoms. The molecule has 2 N–H and O–H groups in total. The van der Waals surface area contributed by atoms with Crippen molar-refractivity contribution in [2.45, 2.75) is 6.42 Å². The molecule has 0 saturated heterocycles. The summed E-state index contributed by atoms with van der Waals surface area (Å²) < 4.78 is 6.21. The topological polar surface area (TPSA) is 59.1 Å². The molecule has 5 nitrogen and oxygen atoms in total. The Kier molecular flexibility index (Phi) is 5.85. The second-order valence-electron chi connectivity index (χ2n) is 5.42. The van der Waals surface area contributed by atoms with E-state index >= 15 is 0 Å². The van der Waals surface area contributed by atoms with Gasteiger partial charge in [0.2, 0.25) is 5.95 Å². The molecule has 1 heterocycles. The molecule has 2 aromatic carbocycles. The molecule has 3 rings (SSSR count). The monoisotopic (exact) mass is 398 g/mol. The first-order valence-corrected chi connectivity index (χ1v) is 8.75. The van der Waals surface area contributed by atoms with E-state index in [2.05, 4.69) is 48.7 Å². The summed E-state index contributed by atoms with van der Waals surface area (Å²) in [5.74, 6) is 2.23. The normalized spacial score (nSPS) is 10.3. The first kappa shape index (κ1) is 17.2. The molecule has 3 aromatic rings. The van der Waals surface area contributed by atoms with Gasteiger partial charge in [-0.15, -0.1) is 0 Å². The van der Waals surface area contributed by atoms with Crippen molar-refractivity contribution < 1.29 is 4.74 Å². The fourth-order valence-corrected chi connectivity index (χ4v) is 2.57. The van der Waals surface area contributed by atoms with Gasteiger partial charge in [0.1, 0.15) is 11.6 Å². The number of rotatable bonds is 7. The lowest BCUT2D eigenvalue weighted by Gasteiger charge is -2.09. The zero-order chi connectivity index (χ0) is 17.5. The standard InChI is InChI=1S/C19H19BrN4O/c1-25-17-8-2-14(3-9-17)10-12-21-19-22-13-11-18(24-19)23-16-6-4-15(20)5-7-16/h2-9,11,13H,10,12H2,1H3,(H2,21,22,23,24). The number of nitrogens with zero attached hydrogens (tertiary/aromatic N) is 2. The quantitative estimate of drug-likeness (QED) is 0.606. The van der Waals surface area contributed by atoms with Crippen LogP contribution in [0, 0.1) is 0 Å². The van der Waals surface area contributed by atoms with Crippen molar-refractivity contribution in [1.82, 2.24) is 9.97 Å². The Morgan fingerprint density at radius 1 is 1.00 bits per heavy atom. The molecule has 0 amide bonds. The van der Waals surface area contributed by atoms with E-state index in [4.69, 9.17) is 4.74 Å². The average Bonchev–Trinajstić information content (AvgIpc) is 2.65. The largest absolute Gasteiger partial charge is 0.497 e. The molecule has 0 bridgehead atoms. The van der Waals surface area contributed by atoms with E-state index in [1.807, 2.05) is 42.5 Å². The van der Waals surface area contributed by atoms with Crippen molar-refractivity contribution in [1.29, 1.82) is 0 Å². The van der Waals surface area contributed by atoms with Crippen LogP contribution in [0.3, 0.4) is 0 Å². The summed E-state index contributed by atoms with van der Waals surface area (Å²) in [4.78, 5) is 8.75. The molecule has 0 spiro atoms. The smallest absolute Gasteiger partial charge is 0.224 e. The fraction of sp³-hybridized carbons (Fsp3) is 0.158. The highest BCUT2D eigenvalue weighted by atomic mass is 79.9. The average molecular weight is 399 g/mol. The molecule has 0 aliphatic heterocycles. The minimum absolute atomic E-state index is 0.607. The van der Waals surface area contributed by atoms with Gasteiger partial charge < -0.3 is 15.4 Å².